The summed E-state index contributed by atoms with van der Waals surface area (Å²) < 4.78 is 5.59. The molecule has 0 atom stereocenters. The van der Waals surface area contributed by atoms with Crippen molar-refractivity contribution in [2.45, 2.75) is 20.8 Å². The Hall–Kier alpha value is -2.62. The first-order valence-electron chi connectivity index (χ1n) is 6.72. The van der Waals surface area contributed by atoms with Crippen LogP contribution in [-0.2, 0) is 0 Å². The predicted octanol–water partition coefficient (Wildman–Crippen LogP) is 3.81. The summed E-state index contributed by atoms with van der Waals surface area (Å²) in [6.45, 7) is 5.06. The summed E-state index contributed by atoms with van der Waals surface area (Å²) >= 11 is 0. The van der Waals surface area contributed by atoms with Crippen LogP contribution in [0.15, 0.2) is 34.7 Å². The summed E-state index contributed by atoms with van der Waals surface area (Å²) in [4.78, 5) is 27.2. The van der Waals surface area contributed by atoms with E-state index in [1.807, 2.05) is 24.3 Å². The molecule has 0 aliphatic rings. The number of carbonyl (C=O) groups excluding carboxylic acids is 2. The molecule has 3 rings (SSSR count). The molecule has 3 aromatic rings. The number of H-pyrrole nitrogens is 1. The maximum absolute atomic E-state index is 12.6. The maximum atomic E-state index is 12.6. The normalized spacial score (nSPS) is 11.0. The lowest BCUT2D eigenvalue weighted by atomic mass is 10.0. The Morgan fingerprint density at radius 2 is 1.86 bits per heavy atom. The predicted molar refractivity (Wildman–Crippen MR) is 79.9 cm³/mol. The van der Waals surface area contributed by atoms with Crippen LogP contribution in [0.4, 0.5) is 0 Å². The molecule has 0 saturated heterocycles. The van der Waals surface area contributed by atoms with E-state index >= 15 is 0 Å². The number of aromatic amines is 1. The lowest BCUT2D eigenvalue weighted by molar-refractivity contribution is 0.100. The van der Waals surface area contributed by atoms with E-state index in [0.717, 1.165) is 5.39 Å². The van der Waals surface area contributed by atoms with Crippen molar-refractivity contribution < 1.29 is 14.0 Å². The van der Waals surface area contributed by atoms with E-state index in [1.54, 1.807) is 19.9 Å². The highest BCUT2D eigenvalue weighted by molar-refractivity contribution is 6.11. The van der Waals surface area contributed by atoms with Crippen molar-refractivity contribution in [1.29, 1.82) is 0 Å². The first-order chi connectivity index (χ1) is 9.99. The quantitative estimate of drug-likeness (QED) is 0.742. The minimum Gasteiger partial charge on any atom is -0.453 e. The number of nitrogens with one attached hydrogen (secondary N) is 1. The highest BCUT2D eigenvalue weighted by Gasteiger charge is 2.23. The molecule has 0 aliphatic carbocycles. The Bertz CT molecular complexity index is 834. The molecule has 0 saturated carbocycles. The first kappa shape index (κ1) is 13.4. The van der Waals surface area contributed by atoms with E-state index in [2.05, 4.69) is 4.98 Å². The van der Waals surface area contributed by atoms with Gasteiger partial charge < -0.3 is 9.40 Å². The van der Waals surface area contributed by atoms with Crippen LogP contribution in [0.5, 0.6) is 0 Å². The summed E-state index contributed by atoms with van der Waals surface area (Å²) in [5.74, 6) is -0.0140. The number of para-hydroxylation sites is 1. The minimum absolute atomic E-state index is 0.0510. The topological polar surface area (TPSA) is 63.1 Å². The van der Waals surface area contributed by atoms with Gasteiger partial charge in [-0.1, -0.05) is 18.2 Å². The fourth-order valence-corrected chi connectivity index (χ4v) is 2.72. The number of Topliss-reactive ketones (excluding diaryl/α,β-unsaturated/α-hetero) is 1. The number of carbonyl (C=O) groups is 2. The van der Waals surface area contributed by atoms with Gasteiger partial charge in [-0.2, -0.15) is 0 Å². The zero-order valence-electron chi connectivity index (χ0n) is 12.1. The van der Waals surface area contributed by atoms with Gasteiger partial charge in [0.2, 0.25) is 5.78 Å². The smallest absolute Gasteiger partial charge is 0.244 e. The monoisotopic (exact) mass is 281 g/mol. The molecule has 0 bridgehead atoms. The molecule has 2 heterocycles. The molecule has 0 unspecified atom stereocenters. The largest absolute Gasteiger partial charge is 0.453 e. The number of furan rings is 1. The third-order valence-electron chi connectivity index (χ3n) is 3.67. The van der Waals surface area contributed by atoms with Gasteiger partial charge in [0, 0.05) is 16.6 Å². The van der Waals surface area contributed by atoms with E-state index in [-0.39, 0.29) is 17.3 Å². The number of rotatable bonds is 3. The van der Waals surface area contributed by atoms with Crippen molar-refractivity contribution in [3.05, 3.63) is 58.6 Å². The van der Waals surface area contributed by atoms with Gasteiger partial charge in [0.1, 0.15) is 5.58 Å². The van der Waals surface area contributed by atoms with Gasteiger partial charge in [-0.3, -0.25) is 9.59 Å². The number of fused-ring (bicyclic) bond motifs is 1. The van der Waals surface area contributed by atoms with Crippen molar-refractivity contribution in [3.8, 4) is 0 Å². The zero-order valence-corrected chi connectivity index (χ0v) is 12.1. The number of aryl methyl sites for hydroxylation is 1. The van der Waals surface area contributed by atoms with Crippen molar-refractivity contribution in [1.82, 2.24) is 4.98 Å². The molecule has 4 heteroatoms. The molecule has 2 aromatic heterocycles. The molecular formula is C17H15NO3. The van der Waals surface area contributed by atoms with Crippen LogP contribution in [-0.4, -0.2) is 16.6 Å². The number of ketones is 2. The van der Waals surface area contributed by atoms with Crippen LogP contribution in [0.2, 0.25) is 0 Å². The Morgan fingerprint density at radius 1 is 1.14 bits per heavy atom. The third kappa shape index (κ3) is 2.09. The van der Waals surface area contributed by atoms with Crippen molar-refractivity contribution in [3.63, 3.8) is 0 Å². The second-order valence-corrected chi connectivity index (χ2v) is 5.16. The van der Waals surface area contributed by atoms with Gasteiger partial charge >= 0.3 is 0 Å². The highest BCUT2D eigenvalue weighted by atomic mass is 16.3. The molecule has 21 heavy (non-hydrogen) atoms. The molecular weight excluding hydrogens is 266 g/mol. The van der Waals surface area contributed by atoms with E-state index < -0.39 is 0 Å². The fraction of sp³-hybridized carbons (Fsp3) is 0.176. The van der Waals surface area contributed by atoms with Crippen molar-refractivity contribution >= 4 is 22.5 Å². The molecule has 4 nitrogen and oxygen atoms in total. The standard InChI is InChI=1S/C17H15NO3/c1-9-15(11(3)19)10(2)18-16(9)17(20)14-8-12-6-4-5-7-13(12)21-14/h4-8,18H,1-3H3. The van der Waals surface area contributed by atoms with E-state index in [1.165, 1.54) is 6.92 Å². The maximum Gasteiger partial charge on any atom is 0.244 e. The molecule has 0 spiro atoms. The number of hydrogen-bond acceptors (Lipinski definition) is 3. The minimum atomic E-state index is -0.237. The van der Waals surface area contributed by atoms with Crippen molar-refractivity contribution in [2.75, 3.05) is 0 Å². The number of benzene rings is 1. The molecule has 106 valence electrons. The summed E-state index contributed by atoms with van der Waals surface area (Å²) in [6, 6.07) is 9.19. The fourth-order valence-electron chi connectivity index (χ4n) is 2.72. The average Bonchev–Trinajstić information content (AvgIpc) is 2.99. The Kier molecular flexibility index (Phi) is 3.01. The summed E-state index contributed by atoms with van der Waals surface area (Å²) in [6.07, 6.45) is 0. The SMILES string of the molecule is CC(=O)c1c(C)[nH]c(C(=O)c2cc3ccccc3o2)c1C. The van der Waals surface area contributed by atoms with Gasteiger partial charge in [0.05, 0.1) is 5.69 Å². The number of hydrogen-bond donors (Lipinski definition) is 1. The Labute approximate surface area is 121 Å². The average molecular weight is 281 g/mol. The molecule has 1 aromatic carbocycles. The van der Waals surface area contributed by atoms with E-state index in [4.69, 9.17) is 4.42 Å². The summed E-state index contributed by atoms with van der Waals surface area (Å²) in [7, 11) is 0. The summed E-state index contributed by atoms with van der Waals surface area (Å²) in [5, 5.41) is 0.883. The van der Waals surface area contributed by atoms with Gasteiger partial charge in [0.15, 0.2) is 11.5 Å². The lowest BCUT2D eigenvalue weighted by Crippen LogP contribution is -2.03. The number of aromatic nitrogens is 1. The zero-order chi connectivity index (χ0) is 15.1. The van der Waals surface area contributed by atoms with E-state index in [0.29, 0.717) is 28.1 Å². The summed E-state index contributed by atoms with van der Waals surface area (Å²) in [5.41, 5.74) is 3.05. The molecule has 1 N–H and O–H groups in total. The van der Waals surface area contributed by atoms with Gasteiger partial charge in [0.25, 0.3) is 0 Å². The Balaban J connectivity index is 2.10. The van der Waals surface area contributed by atoms with Gasteiger partial charge in [-0.15, -0.1) is 0 Å². The van der Waals surface area contributed by atoms with Crippen LogP contribution in [0.3, 0.4) is 0 Å². The van der Waals surface area contributed by atoms with Gasteiger partial charge in [-0.25, -0.2) is 0 Å². The molecule has 0 aliphatic heterocycles. The molecule has 0 fully saturated rings. The van der Waals surface area contributed by atoms with E-state index in [9.17, 15) is 9.59 Å². The second-order valence-electron chi connectivity index (χ2n) is 5.16. The second kappa shape index (κ2) is 4.74. The van der Waals surface area contributed by atoms with Crippen LogP contribution in [0, 0.1) is 13.8 Å². The van der Waals surface area contributed by atoms with Crippen LogP contribution in [0.25, 0.3) is 11.0 Å². The Morgan fingerprint density at radius 3 is 2.48 bits per heavy atom. The van der Waals surface area contributed by atoms with Crippen LogP contribution < -0.4 is 0 Å². The third-order valence-corrected chi connectivity index (χ3v) is 3.67. The van der Waals surface area contributed by atoms with Crippen molar-refractivity contribution in [2.24, 2.45) is 0 Å². The lowest BCUT2D eigenvalue weighted by Gasteiger charge is -1.97. The highest BCUT2D eigenvalue weighted by Crippen LogP contribution is 2.24. The van der Waals surface area contributed by atoms with Crippen LogP contribution in [0.1, 0.15) is 44.8 Å². The van der Waals surface area contributed by atoms with Gasteiger partial charge in [-0.05, 0) is 38.5 Å². The van der Waals surface area contributed by atoms with Crippen LogP contribution >= 0.6 is 0 Å². The molecule has 0 amide bonds. The molecule has 0 radical (unpaired) electrons. The first-order valence-corrected chi connectivity index (χ1v) is 6.72.